The number of rotatable bonds is 5. The van der Waals surface area contributed by atoms with Gasteiger partial charge in [-0.1, -0.05) is 32.0 Å². The molecule has 1 aromatic carbocycles. The van der Waals surface area contributed by atoms with Crippen LogP contribution in [0.4, 0.5) is 5.69 Å². The van der Waals surface area contributed by atoms with Crippen LogP contribution in [-0.4, -0.2) is 19.1 Å². The van der Waals surface area contributed by atoms with Crippen molar-refractivity contribution in [2.24, 2.45) is 17.6 Å². The maximum absolute atomic E-state index is 5.75. The van der Waals surface area contributed by atoms with Crippen LogP contribution in [0.15, 0.2) is 24.3 Å². The number of nitrogens with zero attached hydrogens (tertiary/aromatic N) is 1. The molecule has 1 aliphatic rings. The van der Waals surface area contributed by atoms with E-state index in [0.29, 0.717) is 6.04 Å². The van der Waals surface area contributed by atoms with Gasteiger partial charge in [0.2, 0.25) is 0 Å². The van der Waals surface area contributed by atoms with E-state index < -0.39 is 0 Å². The molecule has 0 bridgehead atoms. The van der Waals surface area contributed by atoms with E-state index in [1.807, 2.05) is 0 Å². The average Bonchev–Trinajstić information content (AvgIpc) is 2.44. The van der Waals surface area contributed by atoms with E-state index in [9.17, 15) is 0 Å². The summed E-state index contributed by atoms with van der Waals surface area (Å²) in [5, 5.41) is 0. The Hall–Kier alpha value is -1.02. The van der Waals surface area contributed by atoms with E-state index in [1.54, 1.807) is 0 Å². The van der Waals surface area contributed by atoms with Gasteiger partial charge in [-0.3, -0.25) is 0 Å². The second-order valence-electron chi connectivity index (χ2n) is 6.54. The zero-order chi connectivity index (χ0) is 14.5. The third-order valence-corrected chi connectivity index (χ3v) is 5.04. The number of hydrogen-bond acceptors (Lipinski definition) is 2. The smallest absolute Gasteiger partial charge is 0.0398 e. The Labute approximate surface area is 124 Å². The Morgan fingerprint density at radius 1 is 1.15 bits per heavy atom. The van der Waals surface area contributed by atoms with Gasteiger partial charge >= 0.3 is 0 Å². The highest BCUT2D eigenvalue weighted by atomic mass is 15.2. The molecule has 3 unspecified atom stereocenters. The number of para-hydroxylation sites is 1. The van der Waals surface area contributed by atoms with Crippen LogP contribution in [-0.2, 0) is 0 Å². The van der Waals surface area contributed by atoms with Crippen molar-refractivity contribution in [3.63, 3.8) is 0 Å². The summed E-state index contributed by atoms with van der Waals surface area (Å²) in [7, 11) is 0. The first kappa shape index (κ1) is 15.4. The molecule has 0 spiro atoms. The molecule has 112 valence electrons. The lowest BCUT2D eigenvalue weighted by Crippen LogP contribution is -2.41. The van der Waals surface area contributed by atoms with Crippen LogP contribution in [0.3, 0.4) is 0 Å². The van der Waals surface area contributed by atoms with Crippen LogP contribution in [0.2, 0.25) is 0 Å². The fourth-order valence-corrected chi connectivity index (χ4v) is 3.45. The lowest BCUT2D eigenvalue weighted by molar-refractivity contribution is 0.243. The van der Waals surface area contributed by atoms with Crippen molar-refractivity contribution in [2.75, 3.05) is 18.0 Å². The van der Waals surface area contributed by atoms with Crippen molar-refractivity contribution in [1.82, 2.24) is 0 Å². The standard InChI is InChI=1S/C18H30N2/c1-14-9-10-17(13-16(14)3)20(12-6-11-19)18-8-5-4-7-15(18)2/h4-5,7-8,14,16-17H,6,9-13,19H2,1-3H3. The summed E-state index contributed by atoms with van der Waals surface area (Å²) in [5.41, 5.74) is 8.54. The van der Waals surface area contributed by atoms with Crippen LogP contribution < -0.4 is 10.6 Å². The molecule has 2 N–H and O–H groups in total. The van der Waals surface area contributed by atoms with E-state index in [-0.39, 0.29) is 0 Å². The molecule has 0 aromatic heterocycles. The molecular weight excluding hydrogens is 244 g/mol. The van der Waals surface area contributed by atoms with Gasteiger partial charge < -0.3 is 10.6 Å². The summed E-state index contributed by atoms with van der Waals surface area (Å²) in [5.74, 6) is 1.71. The van der Waals surface area contributed by atoms with Gasteiger partial charge in [0.25, 0.3) is 0 Å². The molecular formula is C18H30N2. The first-order valence-corrected chi connectivity index (χ1v) is 8.15. The molecule has 1 aliphatic carbocycles. The quantitative estimate of drug-likeness (QED) is 0.880. The molecule has 0 saturated heterocycles. The molecule has 0 amide bonds. The molecule has 2 nitrogen and oxygen atoms in total. The number of anilines is 1. The molecule has 2 rings (SSSR count). The fraction of sp³-hybridized carbons (Fsp3) is 0.667. The maximum atomic E-state index is 5.75. The van der Waals surface area contributed by atoms with Crippen molar-refractivity contribution < 1.29 is 0 Å². The average molecular weight is 274 g/mol. The molecule has 20 heavy (non-hydrogen) atoms. The van der Waals surface area contributed by atoms with E-state index in [0.717, 1.165) is 31.3 Å². The minimum absolute atomic E-state index is 0.689. The SMILES string of the molecule is Cc1ccccc1N(CCCN)C1CCC(C)C(C)C1. The van der Waals surface area contributed by atoms with Crippen LogP contribution >= 0.6 is 0 Å². The Balaban J connectivity index is 2.17. The molecule has 1 fully saturated rings. The molecule has 3 atom stereocenters. The summed E-state index contributed by atoms with van der Waals surface area (Å²) < 4.78 is 0. The Morgan fingerprint density at radius 2 is 1.90 bits per heavy atom. The second-order valence-corrected chi connectivity index (χ2v) is 6.54. The van der Waals surface area contributed by atoms with Crippen molar-refractivity contribution in [3.05, 3.63) is 29.8 Å². The van der Waals surface area contributed by atoms with Crippen molar-refractivity contribution in [3.8, 4) is 0 Å². The lowest BCUT2D eigenvalue weighted by atomic mass is 9.78. The zero-order valence-corrected chi connectivity index (χ0v) is 13.3. The first-order chi connectivity index (χ1) is 9.63. The highest BCUT2D eigenvalue weighted by Gasteiger charge is 2.29. The van der Waals surface area contributed by atoms with Crippen LogP contribution in [0.25, 0.3) is 0 Å². The maximum Gasteiger partial charge on any atom is 0.0398 e. The molecule has 0 heterocycles. The van der Waals surface area contributed by atoms with E-state index in [2.05, 4.69) is 49.9 Å². The van der Waals surface area contributed by atoms with Gasteiger partial charge in [0, 0.05) is 18.3 Å². The number of hydrogen-bond donors (Lipinski definition) is 1. The fourth-order valence-electron chi connectivity index (χ4n) is 3.45. The molecule has 1 saturated carbocycles. The van der Waals surface area contributed by atoms with E-state index >= 15 is 0 Å². The van der Waals surface area contributed by atoms with Gasteiger partial charge in [0.1, 0.15) is 0 Å². The normalized spacial score (nSPS) is 26.5. The Morgan fingerprint density at radius 3 is 2.55 bits per heavy atom. The van der Waals surface area contributed by atoms with E-state index in [4.69, 9.17) is 5.73 Å². The van der Waals surface area contributed by atoms with Crippen LogP contribution in [0.5, 0.6) is 0 Å². The molecule has 1 aromatic rings. The van der Waals surface area contributed by atoms with Gasteiger partial charge in [0.05, 0.1) is 0 Å². The van der Waals surface area contributed by atoms with Gasteiger partial charge in [-0.25, -0.2) is 0 Å². The van der Waals surface area contributed by atoms with Gasteiger partial charge in [0.15, 0.2) is 0 Å². The number of benzene rings is 1. The summed E-state index contributed by atoms with van der Waals surface area (Å²) in [6.45, 7) is 8.91. The third-order valence-electron chi connectivity index (χ3n) is 5.04. The predicted octanol–water partition coefficient (Wildman–Crippen LogP) is 3.97. The summed E-state index contributed by atoms with van der Waals surface area (Å²) in [6, 6.07) is 9.47. The number of nitrogens with two attached hydrogens (primary N) is 1. The molecule has 2 heteroatoms. The highest BCUT2D eigenvalue weighted by molar-refractivity contribution is 5.53. The zero-order valence-electron chi connectivity index (χ0n) is 13.3. The highest BCUT2D eigenvalue weighted by Crippen LogP contribution is 2.35. The largest absolute Gasteiger partial charge is 0.368 e. The van der Waals surface area contributed by atoms with Crippen LogP contribution in [0, 0.1) is 18.8 Å². The Bertz CT molecular complexity index is 416. The van der Waals surface area contributed by atoms with Crippen molar-refractivity contribution in [2.45, 2.75) is 52.5 Å². The predicted molar refractivity (Wildman–Crippen MR) is 88.2 cm³/mol. The molecule has 0 aliphatic heterocycles. The van der Waals surface area contributed by atoms with Crippen LogP contribution in [0.1, 0.15) is 45.1 Å². The van der Waals surface area contributed by atoms with Gasteiger partial charge in [-0.2, -0.15) is 0 Å². The molecule has 0 radical (unpaired) electrons. The van der Waals surface area contributed by atoms with Crippen molar-refractivity contribution in [1.29, 1.82) is 0 Å². The lowest BCUT2D eigenvalue weighted by Gasteiger charge is -2.41. The summed E-state index contributed by atoms with van der Waals surface area (Å²) >= 11 is 0. The number of aryl methyl sites for hydroxylation is 1. The summed E-state index contributed by atoms with van der Waals surface area (Å²) in [4.78, 5) is 2.63. The van der Waals surface area contributed by atoms with Gasteiger partial charge in [-0.05, 0) is 62.6 Å². The van der Waals surface area contributed by atoms with Crippen molar-refractivity contribution >= 4 is 5.69 Å². The first-order valence-electron chi connectivity index (χ1n) is 8.15. The second kappa shape index (κ2) is 7.12. The summed E-state index contributed by atoms with van der Waals surface area (Å²) in [6.07, 6.45) is 5.08. The monoisotopic (exact) mass is 274 g/mol. The topological polar surface area (TPSA) is 29.3 Å². The van der Waals surface area contributed by atoms with Gasteiger partial charge in [-0.15, -0.1) is 0 Å². The van der Waals surface area contributed by atoms with E-state index in [1.165, 1.54) is 30.5 Å². The minimum atomic E-state index is 0.689. The Kier molecular flexibility index (Phi) is 5.47. The minimum Gasteiger partial charge on any atom is -0.368 e. The third kappa shape index (κ3) is 3.54.